The first-order valence-corrected chi connectivity index (χ1v) is 5.29. The molecule has 0 saturated carbocycles. The third kappa shape index (κ3) is 1.96. The molecule has 1 aromatic heterocycles. The molecule has 0 aromatic carbocycles. The third-order valence-corrected chi connectivity index (χ3v) is 2.89. The topological polar surface area (TPSA) is 94.1 Å². The van der Waals surface area contributed by atoms with Gasteiger partial charge in [0.25, 0.3) is 0 Å². The van der Waals surface area contributed by atoms with Crippen molar-refractivity contribution in [3.63, 3.8) is 0 Å². The number of nitrogens with one attached hydrogen (secondary N) is 1. The Morgan fingerprint density at radius 3 is 2.81 bits per heavy atom. The summed E-state index contributed by atoms with van der Waals surface area (Å²) in [5.41, 5.74) is 6.35. The van der Waals surface area contributed by atoms with Gasteiger partial charge in [0.15, 0.2) is 0 Å². The van der Waals surface area contributed by atoms with Gasteiger partial charge in [0.2, 0.25) is 0 Å². The van der Waals surface area contributed by atoms with Crippen LogP contribution in [0.15, 0.2) is 12.3 Å². The van der Waals surface area contributed by atoms with Gasteiger partial charge >= 0.3 is 5.69 Å². The Hall–Kier alpha value is -1.69. The maximum absolute atomic E-state index is 11.0. The minimum atomic E-state index is -0.431. The van der Waals surface area contributed by atoms with Gasteiger partial charge < -0.3 is 11.1 Å². The van der Waals surface area contributed by atoms with E-state index in [9.17, 15) is 10.1 Å². The van der Waals surface area contributed by atoms with Crippen LogP contribution in [0, 0.1) is 10.1 Å². The minimum Gasteiger partial charge on any atom is -0.393 e. The van der Waals surface area contributed by atoms with Crippen LogP contribution in [-0.4, -0.2) is 23.0 Å². The highest BCUT2D eigenvalue weighted by Crippen LogP contribution is 2.33. The minimum absolute atomic E-state index is 0.0191. The van der Waals surface area contributed by atoms with Crippen molar-refractivity contribution < 1.29 is 4.92 Å². The first kappa shape index (κ1) is 10.8. The standard InChI is InChI=1S/C10H14N4O2/c11-8-3-6-13-9(10(8)14(15)16)7-1-4-12-5-2-7/h3,6-7,12H,1-2,4-5H2,(H2,11,13). The molecule has 86 valence electrons. The van der Waals surface area contributed by atoms with Crippen LogP contribution in [0.25, 0.3) is 0 Å². The highest BCUT2D eigenvalue weighted by atomic mass is 16.6. The summed E-state index contributed by atoms with van der Waals surface area (Å²) < 4.78 is 0. The van der Waals surface area contributed by atoms with Crippen LogP contribution >= 0.6 is 0 Å². The summed E-state index contributed by atoms with van der Waals surface area (Å²) in [6.45, 7) is 1.75. The largest absolute Gasteiger partial charge is 0.393 e. The zero-order valence-corrected chi connectivity index (χ0v) is 8.85. The maximum Gasteiger partial charge on any atom is 0.313 e. The fourth-order valence-electron chi connectivity index (χ4n) is 2.08. The normalized spacial score (nSPS) is 17.2. The van der Waals surface area contributed by atoms with Gasteiger partial charge in [-0.3, -0.25) is 15.1 Å². The summed E-state index contributed by atoms with van der Waals surface area (Å²) in [6.07, 6.45) is 3.29. The summed E-state index contributed by atoms with van der Waals surface area (Å²) in [7, 11) is 0. The van der Waals surface area contributed by atoms with Crippen LogP contribution in [0.1, 0.15) is 24.5 Å². The van der Waals surface area contributed by atoms with E-state index < -0.39 is 4.92 Å². The van der Waals surface area contributed by atoms with E-state index in [2.05, 4.69) is 10.3 Å². The van der Waals surface area contributed by atoms with E-state index in [1.165, 1.54) is 6.07 Å². The number of rotatable bonds is 2. The van der Waals surface area contributed by atoms with E-state index in [1.807, 2.05) is 0 Å². The van der Waals surface area contributed by atoms with Gasteiger partial charge in [-0.2, -0.15) is 0 Å². The molecule has 6 heteroatoms. The molecule has 1 aliphatic rings. The molecule has 6 nitrogen and oxygen atoms in total. The maximum atomic E-state index is 11.0. The number of nitro groups is 1. The number of pyridine rings is 1. The lowest BCUT2D eigenvalue weighted by Crippen LogP contribution is -2.27. The van der Waals surface area contributed by atoms with Crippen molar-refractivity contribution in [1.29, 1.82) is 0 Å². The number of hydrogen-bond donors (Lipinski definition) is 2. The van der Waals surface area contributed by atoms with E-state index in [4.69, 9.17) is 5.73 Å². The number of nitrogens with two attached hydrogens (primary N) is 1. The number of anilines is 1. The van der Waals surface area contributed by atoms with Crippen molar-refractivity contribution in [3.8, 4) is 0 Å². The molecule has 0 bridgehead atoms. The fourth-order valence-corrected chi connectivity index (χ4v) is 2.08. The number of aromatic nitrogens is 1. The molecule has 0 aliphatic carbocycles. The molecule has 1 saturated heterocycles. The smallest absolute Gasteiger partial charge is 0.313 e. The molecule has 0 spiro atoms. The van der Waals surface area contributed by atoms with Crippen LogP contribution < -0.4 is 11.1 Å². The van der Waals surface area contributed by atoms with Crippen molar-refractivity contribution in [2.75, 3.05) is 18.8 Å². The lowest BCUT2D eigenvalue weighted by molar-refractivity contribution is -0.385. The van der Waals surface area contributed by atoms with Gasteiger partial charge in [0.05, 0.1) is 4.92 Å². The predicted molar refractivity (Wildman–Crippen MR) is 60.1 cm³/mol. The van der Waals surface area contributed by atoms with Gasteiger partial charge in [-0.05, 0) is 32.0 Å². The Labute approximate surface area is 93.0 Å². The van der Waals surface area contributed by atoms with Gasteiger partial charge in [0, 0.05) is 12.1 Å². The molecule has 2 rings (SSSR count). The second kappa shape index (κ2) is 4.44. The Balaban J connectivity index is 2.38. The summed E-state index contributed by atoms with van der Waals surface area (Å²) in [6, 6.07) is 1.47. The molecular formula is C10H14N4O2. The van der Waals surface area contributed by atoms with E-state index in [-0.39, 0.29) is 17.3 Å². The monoisotopic (exact) mass is 222 g/mol. The van der Waals surface area contributed by atoms with Crippen LogP contribution in [0.4, 0.5) is 11.4 Å². The molecular weight excluding hydrogens is 208 g/mol. The van der Waals surface area contributed by atoms with Gasteiger partial charge in [-0.25, -0.2) is 0 Å². The summed E-state index contributed by atoms with van der Waals surface area (Å²) in [4.78, 5) is 14.7. The second-order valence-electron chi connectivity index (χ2n) is 3.92. The lowest BCUT2D eigenvalue weighted by atomic mass is 9.93. The molecule has 3 N–H and O–H groups in total. The van der Waals surface area contributed by atoms with E-state index in [1.54, 1.807) is 6.20 Å². The number of hydrogen-bond acceptors (Lipinski definition) is 5. The Kier molecular flexibility index (Phi) is 3.00. The van der Waals surface area contributed by atoms with E-state index in [0.717, 1.165) is 25.9 Å². The summed E-state index contributed by atoms with van der Waals surface area (Å²) in [5.74, 6) is 0.144. The van der Waals surface area contributed by atoms with Crippen molar-refractivity contribution in [2.45, 2.75) is 18.8 Å². The first-order chi connectivity index (χ1) is 7.70. The predicted octanol–water partition coefficient (Wildman–Crippen LogP) is 1.04. The number of nitrogens with zero attached hydrogens (tertiary/aromatic N) is 2. The van der Waals surface area contributed by atoms with Crippen LogP contribution in [0.3, 0.4) is 0 Å². The average Bonchev–Trinajstić information content (AvgIpc) is 2.29. The molecule has 2 heterocycles. The van der Waals surface area contributed by atoms with Gasteiger partial charge in [-0.15, -0.1) is 0 Å². The highest BCUT2D eigenvalue weighted by molar-refractivity contribution is 5.60. The highest BCUT2D eigenvalue weighted by Gasteiger charge is 2.27. The van der Waals surface area contributed by atoms with Crippen LogP contribution in [0.5, 0.6) is 0 Å². The first-order valence-electron chi connectivity index (χ1n) is 5.29. The quantitative estimate of drug-likeness (QED) is 0.576. The van der Waals surface area contributed by atoms with Crippen molar-refractivity contribution >= 4 is 11.4 Å². The number of nitrogen functional groups attached to an aromatic ring is 1. The van der Waals surface area contributed by atoms with Crippen molar-refractivity contribution in [1.82, 2.24) is 10.3 Å². The Morgan fingerprint density at radius 1 is 1.50 bits per heavy atom. The molecule has 1 fully saturated rings. The second-order valence-corrected chi connectivity index (χ2v) is 3.92. The SMILES string of the molecule is Nc1ccnc(C2CCNCC2)c1[N+](=O)[O-]. The summed E-state index contributed by atoms with van der Waals surface area (Å²) in [5, 5.41) is 14.2. The lowest BCUT2D eigenvalue weighted by Gasteiger charge is -2.21. The molecule has 0 amide bonds. The number of piperidine rings is 1. The van der Waals surface area contributed by atoms with Gasteiger partial charge in [-0.1, -0.05) is 0 Å². The average molecular weight is 222 g/mol. The van der Waals surface area contributed by atoms with E-state index >= 15 is 0 Å². The summed E-state index contributed by atoms with van der Waals surface area (Å²) >= 11 is 0. The molecule has 0 atom stereocenters. The molecule has 0 radical (unpaired) electrons. The zero-order valence-electron chi connectivity index (χ0n) is 8.85. The molecule has 16 heavy (non-hydrogen) atoms. The Bertz CT molecular complexity index is 402. The molecule has 1 aliphatic heterocycles. The molecule has 1 aromatic rings. The fraction of sp³-hybridized carbons (Fsp3) is 0.500. The third-order valence-electron chi connectivity index (χ3n) is 2.89. The van der Waals surface area contributed by atoms with Crippen LogP contribution in [-0.2, 0) is 0 Å². The van der Waals surface area contributed by atoms with Crippen LogP contribution in [0.2, 0.25) is 0 Å². The van der Waals surface area contributed by atoms with E-state index in [0.29, 0.717) is 5.69 Å². The van der Waals surface area contributed by atoms with Gasteiger partial charge in [0.1, 0.15) is 11.4 Å². The zero-order chi connectivity index (χ0) is 11.5. The van der Waals surface area contributed by atoms with Crippen molar-refractivity contribution in [2.24, 2.45) is 0 Å². The Morgan fingerprint density at radius 2 is 2.19 bits per heavy atom. The van der Waals surface area contributed by atoms with Crippen molar-refractivity contribution in [3.05, 3.63) is 28.1 Å². The molecule has 0 unspecified atom stereocenters.